The molecule has 5 heteroatoms. The number of rotatable bonds is 1. The summed E-state index contributed by atoms with van der Waals surface area (Å²) in [5.74, 6) is 1.47. The molecule has 1 aromatic carbocycles. The molecule has 2 aliphatic rings. The van der Waals surface area contributed by atoms with Gasteiger partial charge in [0.2, 0.25) is 0 Å². The van der Waals surface area contributed by atoms with E-state index in [2.05, 4.69) is 0 Å². The quantitative estimate of drug-likeness (QED) is 0.741. The average Bonchev–Trinajstić information content (AvgIpc) is 2.69. The predicted octanol–water partition coefficient (Wildman–Crippen LogP) is 1.58. The van der Waals surface area contributed by atoms with Gasteiger partial charge >= 0.3 is 6.09 Å². The summed E-state index contributed by atoms with van der Waals surface area (Å²) in [6.45, 7) is 1.70. The second kappa shape index (κ2) is 3.84. The first-order valence-corrected chi connectivity index (χ1v) is 5.55. The van der Waals surface area contributed by atoms with Crippen LogP contribution in [0, 0.1) is 0 Å². The summed E-state index contributed by atoms with van der Waals surface area (Å²) in [6.07, 6.45) is -0.506. The van der Waals surface area contributed by atoms with Crippen LogP contribution >= 0.6 is 0 Å². The fourth-order valence-electron chi connectivity index (χ4n) is 2.01. The molecular formula is C12H13NO4. The second-order valence-electron chi connectivity index (χ2n) is 4.16. The molecule has 17 heavy (non-hydrogen) atoms. The molecule has 0 radical (unpaired) electrons. The van der Waals surface area contributed by atoms with Crippen molar-refractivity contribution in [2.45, 2.75) is 6.10 Å². The van der Waals surface area contributed by atoms with Gasteiger partial charge in [0.1, 0.15) is 19.3 Å². The number of hydrogen-bond donors (Lipinski definition) is 0. The van der Waals surface area contributed by atoms with Crippen LogP contribution in [0.1, 0.15) is 11.7 Å². The topological polar surface area (TPSA) is 48.0 Å². The third-order valence-corrected chi connectivity index (χ3v) is 2.93. The summed E-state index contributed by atoms with van der Waals surface area (Å²) in [4.78, 5) is 12.9. The van der Waals surface area contributed by atoms with E-state index in [0.29, 0.717) is 19.8 Å². The molecule has 3 rings (SSSR count). The van der Waals surface area contributed by atoms with E-state index >= 15 is 0 Å². The molecule has 2 aliphatic heterocycles. The fraction of sp³-hybridized carbons (Fsp3) is 0.417. The van der Waals surface area contributed by atoms with Crippen LogP contribution in [0.15, 0.2) is 18.2 Å². The van der Waals surface area contributed by atoms with E-state index < -0.39 is 0 Å². The molecule has 1 amide bonds. The van der Waals surface area contributed by atoms with E-state index in [0.717, 1.165) is 17.1 Å². The van der Waals surface area contributed by atoms with Crippen molar-refractivity contribution in [2.24, 2.45) is 0 Å². The van der Waals surface area contributed by atoms with Gasteiger partial charge in [-0.05, 0) is 17.7 Å². The van der Waals surface area contributed by atoms with Crippen LogP contribution in [0.4, 0.5) is 4.79 Å². The lowest BCUT2D eigenvalue weighted by Gasteiger charge is -2.19. The van der Waals surface area contributed by atoms with E-state index in [1.807, 2.05) is 18.2 Å². The minimum absolute atomic E-state index is 0.219. The van der Waals surface area contributed by atoms with E-state index in [4.69, 9.17) is 14.2 Å². The Balaban J connectivity index is 1.87. The SMILES string of the molecule is CN1CC(c2ccc3c(c2)OCCO3)OC1=O. The molecule has 5 nitrogen and oxygen atoms in total. The van der Waals surface area contributed by atoms with Crippen LogP contribution in [0.25, 0.3) is 0 Å². The highest BCUT2D eigenvalue weighted by Gasteiger charge is 2.30. The van der Waals surface area contributed by atoms with Gasteiger partial charge in [-0.25, -0.2) is 4.79 Å². The first-order chi connectivity index (χ1) is 8.24. The maximum Gasteiger partial charge on any atom is 0.410 e. The van der Waals surface area contributed by atoms with E-state index in [-0.39, 0.29) is 12.2 Å². The molecule has 0 aromatic heterocycles. The third kappa shape index (κ3) is 1.77. The Bertz CT molecular complexity index is 460. The van der Waals surface area contributed by atoms with Crippen molar-refractivity contribution in [3.8, 4) is 11.5 Å². The standard InChI is InChI=1S/C12H13NO4/c1-13-7-11(17-12(13)14)8-2-3-9-10(6-8)16-5-4-15-9/h2-3,6,11H,4-5,7H2,1H3. The smallest absolute Gasteiger partial charge is 0.410 e. The summed E-state index contributed by atoms with van der Waals surface area (Å²) < 4.78 is 16.2. The van der Waals surface area contributed by atoms with Crippen molar-refractivity contribution < 1.29 is 19.0 Å². The molecule has 0 N–H and O–H groups in total. The Hall–Kier alpha value is -1.91. The van der Waals surface area contributed by atoms with Gasteiger partial charge in [0.25, 0.3) is 0 Å². The summed E-state index contributed by atoms with van der Waals surface area (Å²) in [5, 5.41) is 0. The minimum atomic E-state index is -0.287. The number of cyclic esters (lactones) is 1. The number of fused-ring (bicyclic) bond motifs is 1. The van der Waals surface area contributed by atoms with Crippen molar-refractivity contribution in [1.29, 1.82) is 0 Å². The number of carbonyl (C=O) groups excluding carboxylic acids is 1. The summed E-state index contributed by atoms with van der Waals surface area (Å²) in [5.41, 5.74) is 0.937. The number of nitrogens with zero attached hydrogens (tertiary/aromatic N) is 1. The maximum atomic E-state index is 11.3. The van der Waals surface area contributed by atoms with Crippen molar-refractivity contribution >= 4 is 6.09 Å². The molecule has 1 saturated heterocycles. The lowest BCUT2D eigenvalue weighted by atomic mass is 10.1. The average molecular weight is 235 g/mol. The number of likely N-dealkylation sites (N-methyl/N-ethyl adjacent to an activating group) is 1. The molecule has 0 aliphatic carbocycles. The zero-order chi connectivity index (χ0) is 11.8. The highest BCUT2D eigenvalue weighted by atomic mass is 16.6. The van der Waals surface area contributed by atoms with Gasteiger partial charge in [0.15, 0.2) is 11.5 Å². The lowest BCUT2D eigenvalue weighted by Crippen LogP contribution is -2.18. The number of amides is 1. The lowest BCUT2D eigenvalue weighted by molar-refractivity contribution is 0.134. The molecule has 1 aromatic rings. The highest BCUT2D eigenvalue weighted by Crippen LogP contribution is 2.35. The first kappa shape index (κ1) is 10.3. The van der Waals surface area contributed by atoms with Crippen molar-refractivity contribution in [3.63, 3.8) is 0 Å². The second-order valence-corrected chi connectivity index (χ2v) is 4.16. The predicted molar refractivity (Wildman–Crippen MR) is 59.3 cm³/mol. The third-order valence-electron chi connectivity index (χ3n) is 2.93. The van der Waals surface area contributed by atoms with Gasteiger partial charge in [0, 0.05) is 7.05 Å². The van der Waals surface area contributed by atoms with Gasteiger partial charge in [0.05, 0.1) is 6.54 Å². The Morgan fingerprint density at radius 1 is 1.24 bits per heavy atom. The monoisotopic (exact) mass is 235 g/mol. The Kier molecular flexibility index (Phi) is 2.31. The van der Waals surface area contributed by atoms with Gasteiger partial charge in [-0.3, -0.25) is 0 Å². The normalized spacial score (nSPS) is 22.5. The molecule has 0 bridgehead atoms. The fourth-order valence-corrected chi connectivity index (χ4v) is 2.01. The zero-order valence-corrected chi connectivity index (χ0v) is 9.51. The molecule has 90 valence electrons. The van der Waals surface area contributed by atoms with Crippen LogP contribution in [-0.2, 0) is 4.74 Å². The molecule has 0 spiro atoms. The zero-order valence-electron chi connectivity index (χ0n) is 9.51. The Morgan fingerprint density at radius 3 is 2.71 bits per heavy atom. The van der Waals surface area contributed by atoms with Crippen LogP contribution in [0.2, 0.25) is 0 Å². The van der Waals surface area contributed by atoms with Crippen molar-refractivity contribution in [1.82, 2.24) is 4.90 Å². The largest absolute Gasteiger partial charge is 0.486 e. The number of hydrogen-bond acceptors (Lipinski definition) is 4. The highest BCUT2D eigenvalue weighted by molar-refractivity contribution is 5.69. The van der Waals surface area contributed by atoms with Crippen LogP contribution in [-0.4, -0.2) is 37.8 Å². The molecule has 1 atom stereocenters. The molecule has 2 heterocycles. The number of carbonyl (C=O) groups is 1. The molecular weight excluding hydrogens is 222 g/mol. The number of benzene rings is 1. The maximum absolute atomic E-state index is 11.3. The van der Waals surface area contributed by atoms with Crippen LogP contribution < -0.4 is 9.47 Å². The van der Waals surface area contributed by atoms with E-state index in [1.165, 1.54) is 0 Å². The Morgan fingerprint density at radius 2 is 2.00 bits per heavy atom. The van der Waals surface area contributed by atoms with Gasteiger partial charge in [-0.1, -0.05) is 6.07 Å². The van der Waals surface area contributed by atoms with Crippen molar-refractivity contribution in [3.05, 3.63) is 23.8 Å². The van der Waals surface area contributed by atoms with Crippen molar-refractivity contribution in [2.75, 3.05) is 26.8 Å². The summed E-state index contributed by atoms with van der Waals surface area (Å²) in [6, 6.07) is 5.65. The summed E-state index contributed by atoms with van der Waals surface area (Å²) in [7, 11) is 1.72. The Labute approximate surface area is 98.9 Å². The number of ether oxygens (including phenoxy) is 3. The van der Waals surface area contributed by atoms with Gasteiger partial charge in [-0.2, -0.15) is 0 Å². The minimum Gasteiger partial charge on any atom is -0.486 e. The van der Waals surface area contributed by atoms with Crippen LogP contribution in [0.5, 0.6) is 11.5 Å². The van der Waals surface area contributed by atoms with Gasteiger partial charge < -0.3 is 19.1 Å². The first-order valence-electron chi connectivity index (χ1n) is 5.55. The summed E-state index contributed by atoms with van der Waals surface area (Å²) >= 11 is 0. The molecule has 0 saturated carbocycles. The van der Waals surface area contributed by atoms with Gasteiger partial charge in [-0.15, -0.1) is 0 Å². The van der Waals surface area contributed by atoms with Crippen LogP contribution in [0.3, 0.4) is 0 Å². The molecule has 1 unspecified atom stereocenters. The van der Waals surface area contributed by atoms with E-state index in [9.17, 15) is 4.79 Å². The molecule has 1 fully saturated rings. The van der Waals surface area contributed by atoms with E-state index in [1.54, 1.807) is 11.9 Å².